The van der Waals surface area contributed by atoms with Crippen LogP contribution in [-0.2, 0) is 6.54 Å². The van der Waals surface area contributed by atoms with Gasteiger partial charge in [0.2, 0.25) is 5.95 Å². The van der Waals surface area contributed by atoms with E-state index >= 15 is 0 Å². The van der Waals surface area contributed by atoms with Crippen LogP contribution in [0.25, 0.3) is 11.3 Å². The molecule has 0 radical (unpaired) electrons. The zero-order valence-electron chi connectivity index (χ0n) is 22.0. The van der Waals surface area contributed by atoms with Gasteiger partial charge >= 0.3 is 0 Å². The van der Waals surface area contributed by atoms with Crippen LogP contribution in [0.15, 0.2) is 36.5 Å². The van der Waals surface area contributed by atoms with Crippen molar-refractivity contribution in [2.45, 2.75) is 33.4 Å². The summed E-state index contributed by atoms with van der Waals surface area (Å²) in [5, 5.41) is 2.95. The third-order valence-corrected chi connectivity index (χ3v) is 7.17. The molecule has 0 aliphatic carbocycles. The Morgan fingerprint density at radius 2 is 1.71 bits per heavy atom. The van der Waals surface area contributed by atoms with Gasteiger partial charge < -0.3 is 19.9 Å². The molecule has 0 bridgehead atoms. The molecule has 7 nitrogen and oxygen atoms in total. The van der Waals surface area contributed by atoms with Crippen molar-refractivity contribution in [3.8, 4) is 17.0 Å². The average molecular weight is 527 g/mol. The van der Waals surface area contributed by atoms with E-state index in [4.69, 9.17) is 4.74 Å². The monoisotopic (exact) mass is 526 g/mol. The van der Waals surface area contributed by atoms with Gasteiger partial charge in [-0.15, -0.1) is 0 Å². The molecule has 2 aromatic carbocycles. The van der Waals surface area contributed by atoms with Crippen molar-refractivity contribution >= 4 is 17.3 Å². The highest BCUT2D eigenvalue weighted by atomic mass is 19.1. The molecule has 10 heteroatoms. The molecule has 0 amide bonds. The Labute approximate surface area is 221 Å². The van der Waals surface area contributed by atoms with Gasteiger partial charge in [0, 0.05) is 55.6 Å². The van der Waals surface area contributed by atoms with Gasteiger partial charge in [-0.05, 0) is 44.7 Å². The van der Waals surface area contributed by atoms with E-state index in [0.717, 1.165) is 38.9 Å². The van der Waals surface area contributed by atoms with Gasteiger partial charge in [0.1, 0.15) is 18.1 Å². The second kappa shape index (κ2) is 11.2. The first-order valence-corrected chi connectivity index (χ1v) is 13.1. The summed E-state index contributed by atoms with van der Waals surface area (Å²) in [6.45, 7) is 12.5. The van der Waals surface area contributed by atoms with Crippen LogP contribution in [0, 0.1) is 17.5 Å². The van der Waals surface area contributed by atoms with E-state index in [1.807, 2.05) is 18.7 Å². The molecule has 3 heterocycles. The summed E-state index contributed by atoms with van der Waals surface area (Å²) in [6, 6.07) is 7.89. The average Bonchev–Trinajstić information content (AvgIpc) is 2.91. The molecule has 0 unspecified atom stereocenters. The SMILES string of the molecule is CCN1CCN(Cc2ccc(Nc3ncc(F)c(-c4cc(F)c5c(c4)N(C(C)C)CCO5)n3)cc2F)CC1. The largest absolute Gasteiger partial charge is 0.486 e. The number of nitrogens with one attached hydrogen (secondary N) is 1. The van der Waals surface area contributed by atoms with Crippen LogP contribution in [0.4, 0.5) is 30.5 Å². The van der Waals surface area contributed by atoms with Gasteiger partial charge in [-0.3, -0.25) is 4.90 Å². The van der Waals surface area contributed by atoms with Gasteiger partial charge in [-0.25, -0.2) is 23.1 Å². The number of hydrogen-bond donors (Lipinski definition) is 1. The van der Waals surface area contributed by atoms with Crippen LogP contribution in [0.5, 0.6) is 5.75 Å². The predicted octanol–water partition coefficient (Wildman–Crippen LogP) is 5.05. The number of rotatable bonds is 7. The third kappa shape index (κ3) is 5.56. The second-order valence-corrected chi connectivity index (χ2v) is 9.97. The minimum Gasteiger partial charge on any atom is -0.486 e. The minimum atomic E-state index is -0.688. The number of piperazine rings is 1. The van der Waals surface area contributed by atoms with Crippen LogP contribution in [0.2, 0.25) is 0 Å². The maximum atomic E-state index is 14.9. The number of benzene rings is 2. The maximum Gasteiger partial charge on any atom is 0.227 e. The van der Waals surface area contributed by atoms with Crippen molar-refractivity contribution in [1.29, 1.82) is 0 Å². The first-order chi connectivity index (χ1) is 18.3. The lowest BCUT2D eigenvalue weighted by molar-refractivity contribution is 0.131. The third-order valence-electron chi connectivity index (χ3n) is 7.17. The van der Waals surface area contributed by atoms with E-state index < -0.39 is 11.6 Å². The van der Waals surface area contributed by atoms with Gasteiger partial charge in [0.25, 0.3) is 0 Å². The lowest BCUT2D eigenvalue weighted by Gasteiger charge is -2.34. The summed E-state index contributed by atoms with van der Waals surface area (Å²) in [6.07, 6.45) is 1.03. The molecule has 3 aromatic rings. The smallest absolute Gasteiger partial charge is 0.227 e. The Bertz CT molecular complexity index is 1300. The van der Waals surface area contributed by atoms with Crippen LogP contribution in [0.1, 0.15) is 26.3 Å². The number of nitrogens with zero attached hydrogens (tertiary/aromatic N) is 5. The first kappa shape index (κ1) is 26.2. The second-order valence-electron chi connectivity index (χ2n) is 9.97. The zero-order valence-corrected chi connectivity index (χ0v) is 22.0. The Hall–Kier alpha value is -3.37. The summed E-state index contributed by atoms with van der Waals surface area (Å²) >= 11 is 0. The van der Waals surface area contributed by atoms with Crippen molar-refractivity contribution in [3.05, 3.63) is 59.5 Å². The first-order valence-electron chi connectivity index (χ1n) is 13.1. The lowest BCUT2D eigenvalue weighted by atomic mass is 10.1. The highest BCUT2D eigenvalue weighted by Gasteiger charge is 2.26. The molecule has 0 saturated carbocycles. The van der Waals surface area contributed by atoms with Crippen molar-refractivity contribution in [2.75, 3.05) is 56.1 Å². The summed E-state index contributed by atoms with van der Waals surface area (Å²) in [5.41, 5.74) is 1.83. The van der Waals surface area contributed by atoms with Crippen molar-refractivity contribution in [2.24, 2.45) is 0 Å². The number of aromatic nitrogens is 2. The molecule has 2 aliphatic rings. The molecular weight excluding hydrogens is 493 g/mol. The topological polar surface area (TPSA) is 56.8 Å². The normalized spacial score (nSPS) is 16.4. The highest BCUT2D eigenvalue weighted by Crippen LogP contribution is 2.39. The fourth-order valence-corrected chi connectivity index (χ4v) is 4.99. The van der Waals surface area contributed by atoms with Crippen molar-refractivity contribution < 1.29 is 17.9 Å². The fourth-order valence-electron chi connectivity index (χ4n) is 4.99. The molecule has 202 valence electrons. The number of hydrogen-bond acceptors (Lipinski definition) is 7. The van der Waals surface area contributed by atoms with Gasteiger partial charge in [-0.1, -0.05) is 13.0 Å². The molecular formula is C28H33F3N6O. The minimum absolute atomic E-state index is 0.0539. The number of likely N-dealkylation sites (N-methyl/N-ethyl adjacent to an activating group) is 1. The Morgan fingerprint density at radius 3 is 2.42 bits per heavy atom. The Kier molecular flexibility index (Phi) is 7.71. The number of ether oxygens (including phenoxy) is 1. The van der Waals surface area contributed by atoms with Gasteiger partial charge in [-0.2, -0.15) is 0 Å². The van der Waals surface area contributed by atoms with E-state index in [2.05, 4.69) is 32.0 Å². The number of anilines is 3. The molecule has 2 aliphatic heterocycles. The Balaban J connectivity index is 1.35. The van der Waals surface area contributed by atoms with Crippen LogP contribution in [-0.4, -0.2) is 71.7 Å². The van der Waals surface area contributed by atoms with Crippen molar-refractivity contribution in [1.82, 2.24) is 19.8 Å². The molecule has 0 spiro atoms. The summed E-state index contributed by atoms with van der Waals surface area (Å²) in [7, 11) is 0. The van der Waals surface area contributed by atoms with E-state index in [1.54, 1.807) is 18.2 Å². The zero-order chi connectivity index (χ0) is 26.8. The molecule has 0 atom stereocenters. The van der Waals surface area contributed by atoms with E-state index in [1.165, 1.54) is 12.1 Å². The molecule has 1 fully saturated rings. The van der Waals surface area contributed by atoms with Crippen LogP contribution >= 0.6 is 0 Å². The van der Waals surface area contributed by atoms with E-state index in [9.17, 15) is 13.2 Å². The molecule has 1 saturated heterocycles. The van der Waals surface area contributed by atoms with E-state index in [-0.39, 0.29) is 34.8 Å². The van der Waals surface area contributed by atoms with Gasteiger partial charge in [0.05, 0.1) is 18.4 Å². The predicted molar refractivity (Wildman–Crippen MR) is 142 cm³/mol. The van der Waals surface area contributed by atoms with Crippen LogP contribution in [0.3, 0.4) is 0 Å². The standard InChI is InChI=1S/C28H33F3N6O/c1-4-35-7-9-36(10-8-35)17-19-5-6-21(15-22(19)29)33-28-32-16-24(31)26(34-28)20-13-23(30)27-25(14-20)37(18(2)3)11-12-38-27/h5-6,13-16,18H,4,7-12,17H2,1-3H3,(H,32,33,34). The Morgan fingerprint density at radius 1 is 0.947 bits per heavy atom. The quantitative estimate of drug-likeness (QED) is 0.463. The summed E-state index contributed by atoms with van der Waals surface area (Å²) in [4.78, 5) is 14.9. The highest BCUT2D eigenvalue weighted by molar-refractivity contribution is 5.73. The summed E-state index contributed by atoms with van der Waals surface area (Å²) < 4.78 is 50.2. The molecule has 5 rings (SSSR count). The van der Waals surface area contributed by atoms with Gasteiger partial charge in [0.15, 0.2) is 17.4 Å². The van der Waals surface area contributed by atoms with E-state index in [0.29, 0.717) is 36.6 Å². The molecule has 1 N–H and O–H groups in total. The molecule has 1 aromatic heterocycles. The number of fused-ring (bicyclic) bond motifs is 1. The van der Waals surface area contributed by atoms with Crippen molar-refractivity contribution in [3.63, 3.8) is 0 Å². The lowest BCUT2D eigenvalue weighted by Crippen LogP contribution is -2.45. The van der Waals surface area contributed by atoms with Crippen LogP contribution < -0.4 is 15.0 Å². The fraction of sp³-hybridized carbons (Fsp3) is 0.429. The number of halogens is 3. The maximum absolute atomic E-state index is 14.9. The molecule has 38 heavy (non-hydrogen) atoms. The summed E-state index contributed by atoms with van der Waals surface area (Å²) in [5.74, 6) is -1.36.